The molecule has 3 N–H and O–H groups in total. The molecule has 0 unspecified atom stereocenters. The number of hydrogen-bond donors (Lipinski definition) is 2. The van der Waals surface area contributed by atoms with Crippen LogP contribution in [-0.4, -0.2) is 30.5 Å². The molecule has 1 heterocycles. The number of aryl methyl sites for hydroxylation is 1. The van der Waals surface area contributed by atoms with Gasteiger partial charge in [-0.05, 0) is 37.2 Å². The third-order valence-electron chi connectivity index (χ3n) is 3.03. The smallest absolute Gasteiger partial charge is 0.338 e. The van der Waals surface area contributed by atoms with Gasteiger partial charge in [-0.2, -0.15) is 0 Å². The first kappa shape index (κ1) is 19.1. The van der Waals surface area contributed by atoms with Crippen molar-refractivity contribution in [3.63, 3.8) is 0 Å². The number of ether oxygens (including phenoxy) is 1. The molecule has 0 spiro atoms. The van der Waals surface area contributed by atoms with Crippen LogP contribution in [0.15, 0.2) is 23.6 Å². The molecule has 0 aliphatic carbocycles. The molecule has 0 bridgehead atoms. The SMILES string of the molecule is COC(=O)c1ccc(NC(=O)c2csc(CCN)n2)cc1C.Cl. The van der Waals surface area contributed by atoms with Crippen LogP contribution in [0.25, 0.3) is 0 Å². The van der Waals surface area contributed by atoms with Crippen molar-refractivity contribution < 1.29 is 14.3 Å². The summed E-state index contributed by atoms with van der Waals surface area (Å²) in [6.07, 6.45) is 0.658. The molecule has 1 amide bonds. The number of methoxy groups -OCH3 is 1. The molecule has 2 rings (SSSR count). The zero-order valence-corrected chi connectivity index (χ0v) is 14.4. The number of thiazole rings is 1. The second-order valence-corrected chi connectivity index (χ2v) is 5.58. The van der Waals surface area contributed by atoms with E-state index in [0.29, 0.717) is 29.9 Å². The Balaban J connectivity index is 0.00000264. The van der Waals surface area contributed by atoms with Crippen molar-refractivity contribution in [1.29, 1.82) is 0 Å². The predicted molar refractivity (Wildman–Crippen MR) is 92.6 cm³/mol. The number of carbonyl (C=O) groups excluding carboxylic acids is 2. The summed E-state index contributed by atoms with van der Waals surface area (Å²) in [6.45, 7) is 2.28. The van der Waals surface area contributed by atoms with Crippen molar-refractivity contribution in [3.8, 4) is 0 Å². The highest BCUT2D eigenvalue weighted by atomic mass is 35.5. The van der Waals surface area contributed by atoms with E-state index in [9.17, 15) is 9.59 Å². The molecule has 1 aromatic heterocycles. The molecule has 0 saturated heterocycles. The molecule has 1 aromatic carbocycles. The highest BCUT2D eigenvalue weighted by Gasteiger charge is 2.13. The molecule has 23 heavy (non-hydrogen) atoms. The molecule has 0 fully saturated rings. The third kappa shape index (κ3) is 4.75. The molecule has 0 aliphatic rings. The van der Waals surface area contributed by atoms with E-state index in [4.69, 9.17) is 5.73 Å². The van der Waals surface area contributed by atoms with Gasteiger partial charge in [0.1, 0.15) is 5.69 Å². The van der Waals surface area contributed by atoms with Crippen LogP contribution in [0.4, 0.5) is 5.69 Å². The number of halogens is 1. The number of benzene rings is 1. The van der Waals surface area contributed by atoms with Gasteiger partial charge in [0.25, 0.3) is 5.91 Å². The van der Waals surface area contributed by atoms with Gasteiger partial charge in [0.05, 0.1) is 17.7 Å². The molecular formula is C15H18ClN3O3S. The van der Waals surface area contributed by atoms with E-state index < -0.39 is 5.97 Å². The number of esters is 1. The Morgan fingerprint density at radius 2 is 2.13 bits per heavy atom. The minimum absolute atomic E-state index is 0. The maximum absolute atomic E-state index is 12.1. The molecule has 124 valence electrons. The van der Waals surface area contributed by atoms with Crippen LogP contribution in [0, 0.1) is 6.92 Å². The average Bonchev–Trinajstić information content (AvgIpc) is 2.96. The lowest BCUT2D eigenvalue weighted by Gasteiger charge is -2.07. The number of anilines is 1. The van der Waals surface area contributed by atoms with Gasteiger partial charge in [0.15, 0.2) is 0 Å². The van der Waals surface area contributed by atoms with E-state index in [2.05, 4.69) is 15.0 Å². The molecule has 6 nitrogen and oxygen atoms in total. The molecule has 0 saturated carbocycles. The highest BCUT2D eigenvalue weighted by molar-refractivity contribution is 7.09. The summed E-state index contributed by atoms with van der Waals surface area (Å²) in [6, 6.07) is 5.00. The van der Waals surface area contributed by atoms with Crippen LogP contribution in [0.5, 0.6) is 0 Å². The zero-order valence-electron chi connectivity index (χ0n) is 12.8. The predicted octanol–water partition coefficient (Wildman–Crippen LogP) is 2.41. The second kappa shape index (κ2) is 8.61. The maximum Gasteiger partial charge on any atom is 0.338 e. The van der Waals surface area contributed by atoms with E-state index in [0.717, 1.165) is 10.6 Å². The van der Waals surface area contributed by atoms with E-state index in [-0.39, 0.29) is 18.3 Å². The van der Waals surface area contributed by atoms with Crippen LogP contribution in [0.3, 0.4) is 0 Å². The number of hydrogen-bond acceptors (Lipinski definition) is 6. The number of nitrogens with one attached hydrogen (secondary N) is 1. The lowest BCUT2D eigenvalue weighted by molar-refractivity contribution is 0.0600. The Kier molecular flexibility index (Phi) is 7.15. The number of amides is 1. The first-order chi connectivity index (χ1) is 10.5. The topological polar surface area (TPSA) is 94.3 Å². The summed E-state index contributed by atoms with van der Waals surface area (Å²) in [7, 11) is 1.33. The molecular weight excluding hydrogens is 338 g/mol. The Labute approximate surface area is 144 Å². The minimum atomic E-state index is -0.402. The van der Waals surface area contributed by atoms with Crippen molar-refractivity contribution in [2.45, 2.75) is 13.3 Å². The van der Waals surface area contributed by atoms with Crippen LogP contribution in [0.2, 0.25) is 0 Å². The van der Waals surface area contributed by atoms with Crippen molar-refractivity contribution >= 4 is 41.3 Å². The fraction of sp³-hybridized carbons (Fsp3) is 0.267. The van der Waals surface area contributed by atoms with Crippen molar-refractivity contribution in [2.75, 3.05) is 19.0 Å². The van der Waals surface area contributed by atoms with Crippen LogP contribution in [0.1, 0.15) is 31.4 Å². The average molecular weight is 356 g/mol. The fourth-order valence-electron chi connectivity index (χ4n) is 1.93. The Hall–Kier alpha value is -1.96. The Morgan fingerprint density at radius 3 is 2.74 bits per heavy atom. The number of nitrogens with zero attached hydrogens (tertiary/aromatic N) is 1. The number of carbonyl (C=O) groups is 2. The Morgan fingerprint density at radius 1 is 1.39 bits per heavy atom. The standard InChI is InChI=1S/C15H17N3O3S.ClH/c1-9-7-10(3-4-11(9)15(20)21-2)17-14(19)12-8-22-13(18-12)5-6-16;/h3-4,7-8H,5-6,16H2,1-2H3,(H,17,19);1H. The number of nitrogens with two attached hydrogens (primary N) is 1. The first-order valence-electron chi connectivity index (χ1n) is 6.70. The summed E-state index contributed by atoms with van der Waals surface area (Å²) in [4.78, 5) is 27.9. The van der Waals surface area contributed by atoms with Gasteiger partial charge < -0.3 is 15.8 Å². The number of rotatable bonds is 5. The van der Waals surface area contributed by atoms with E-state index >= 15 is 0 Å². The fourth-order valence-corrected chi connectivity index (χ4v) is 2.72. The molecule has 0 atom stereocenters. The summed E-state index contributed by atoms with van der Waals surface area (Å²) >= 11 is 1.41. The van der Waals surface area contributed by atoms with Gasteiger partial charge in [0, 0.05) is 17.5 Å². The normalized spacial score (nSPS) is 9.87. The quantitative estimate of drug-likeness (QED) is 0.803. The van der Waals surface area contributed by atoms with E-state index in [1.807, 2.05) is 0 Å². The Bertz CT molecular complexity index is 703. The molecule has 8 heteroatoms. The third-order valence-corrected chi connectivity index (χ3v) is 3.94. The lowest BCUT2D eigenvalue weighted by Crippen LogP contribution is -2.13. The van der Waals surface area contributed by atoms with Gasteiger partial charge >= 0.3 is 5.97 Å². The molecule has 2 aromatic rings. The van der Waals surface area contributed by atoms with Gasteiger partial charge in [-0.3, -0.25) is 4.79 Å². The van der Waals surface area contributed by atoms with Crippen molar-refractivity contribution in [1.82, 2.24) is 4.98 Å². The van der Waals surface area contributed by atoms with Crippen LogP contribution >= 0.6 is 23.7 Å². The van der Waals surface area contributed by atoms with Crippen LogP contribution < -0.4 is 11.1 Å². The number of aromatic nitrogens is 1. The minimum Gasteiger partial charge on any atom is -0.465 e. The van der Waals surface area contributed by atoms with Gasteiger partial charge in [-0.15, -0.1) is 23.7 Å². The summed E-state index contributed by atoms with van der Waals surface area (Å²) in [5, 5.41) is 5.30. The lowest BCUT2D eigenvalue weighted by atomic mass is 10.1. The van der Waals surface area contributed by atoms with E-state index in [1.165, 1.54) is 18.4 Å². The first-order valence-corrected chi connectivity index (χ1v) is 7.58. The zero-order chi connectivity index (χ0) is 16.1. The monoisotopic (exact) mass is 355 g/mol. The summed E-state index contributed by atoms with van der Waals surface area (Å²) < 4.78 is 4.69. The molecule has 0 radical (unpaired) electrons. The largest absolute Gasteiger partial charge is 0.465 e. The van der Waals surface area contributed by atoms with Crippen molar-refractivity contribution in [3.05, 3.63) is 45.4 Å². The second-order valence-electron chi connectivity index (χ2n) is 4.64. The maximum atomic E-state index is 12.1. The van der Waals surface area contributed by atoms with Gasteiger partial charge in [-0.25, -0.2) is 9.78 Å². The van der Waals surface area contributed by atoms with Gasteiger partial charge in [0.2, 0.25) is 0 Å². The molecule has 0 aliphatic heterocycles. The summed E-state index contributed by atoms with van der Waals surface area (Å²) in [5.41, 5.74) is 7.63. The van der Waals surface area contributed by atoms with E-state index in [1.54, 1.807) is 30.5 Å². The summed E-state index contributed by atoms with van der Waals surface area (Å²) in [5.74, 6) is -0.689. The van der Waals surface area contributed by atoms with Gasteiger partial charge in [-0.1, -0.05) is 0 Å². The van der Waals surface area contributed by atoms with Crippen molar-refractivity contribution in [2.24, 2.45) is 5.73 Å². The highest BCUT2D eigenvalue weighted by Crippen LogP contribution is 2.18. The van der Waals surface area contributed by atoms with Crippen LogP contribution in [-0.2, 0) is 11.2 Å².